The van der Waals surface area contributed by atoms with Crippen molar-refractivity contribution in [3.05, 3.63) is 220 Å². The summed E-state index contributed by atoms with van der Waals surface area (Å²) in [5.41, 5.74) is 15.4. The molecular weight excluding hydrogens is 663 g/mol. The molecule has 8 rings (SSSR count). The molecule has 0 fully saturated rings. The van der Waals surface area contributed by atoms with E-state index in [0.717, 1.165) is 17.8 Å². The number of fused-ring (bicyclic) bond motifs is 2. The molecule has 272 valence electrons. The Morgan fingerprint density at radius 3 is 1.47 bits per heavy atom. The molecule has 0 heterocycles. The van der Waals surface area contributed by atoms with Crippen LogP contribution < -0.4 is 4.90 Å². The molecular formula is C54H51N. The van der Waals surface area contributed by atoms with Gasteiger partial charge >= 0.3 is 0 Å². The molecule has 0 radical (unpaired) electrons. The van der Waals surface area contributed by atoms with E-state index in [0.29, 0.717) is 0 Å². The van der Waals surface area contributed by atoms with Gasteiger partial charge in [0.15, 0.2) is 0 Å². The van der Waals surface area contributed by atoms with E-state index in [1.54, 1.807) is 0 Å². The van der Waals surface area contributed by atoms with Crippen molar-refractivity contribution in [2.75, 3.05) is 4.90 Å². The van der Waals surface area contributed by atoms with Crippen molar-refractivity contribution >= 4 is 38.6 Å². The molecule has 0 aliphatic rings. The summed E-state index contributed by atoms with van der Waals surface area (Å²) in [5.74, 6) is 0.718. The SMILES string of the molecule is Cc1ccc(CC(c2ccc(C)cc2)C(C)c2c3ccccc3c(N(c3ccc(C)cc3)c3ccc(C)cc3)c3ccc(C(C)c4ccccc4)cc23)cc1. The lowest BCUT2D eigenvalue weighted by Crippen LogP contribution is -2.15. The van der Waals surface area contributed by atoms with Gasteiger partial charge in [0.2, 0.25) is 0 Å². The third-order valence-corrected chi connectivity index (χ3v) is 11.8. The molecule has 8 aromatic rings. The largest absolute Gasteiger partial charge is 0.309 e. The Morgan fingerprint density at radius 2 is 0.891 bits per heavy atom. The topological polar surface area (TPSA) is 3.24 Å². The van der Waals surface area contributed by atoms with Gasteiger partial charge in [-0.2, -0.15) is 0 Å². The first-order chi connectivity index (χ1) is 26.7. The first kappa shape index (κ1) is 36.1. The predicted octanol–water partition coefficient (Wildman–Crippen LogP) is 15.0. The highest BCUT2D eigenvalue weighted by Gasteiger charge is 2.29. The molecule has 0 spiro atoms. The molecule has 0 aliphatic heterocycles. The van der Waals surface area contributed by atoms with Gasteiger partial charge in [0.1, 0.15) is 0 Å². The minimum atomic E-state index is 0.208. The summed E-state index contributed by atoms with van der Waals surface area (Å²) in [7, 11) is 0. The van der Waals surface area contributed by atoms with E-state index in [9.17, 15) is 0 Å². The molecule has 0 bridgehead atoms. The normalized spacial score (nSPS) is 13.1. The zero-order valence-electron chi connectivity index (χ0n) is 33.1. The maximum absolute atomic E-state index is 2.52. The first-order valence-electron chi connectivity index (χ1n) is 19.8. The molecule has 3 atom stereocenters. The molecule has 0 N–H and O–H groups in total. The van der Waals surface area contributed by atoms with Gasteiger partial charge in [-0.15, -0.1) is 0 Å². The van der Waals surface area contributed by atoms with Gasteiger partial charge in [-0.05, 0) is 109 Å². The highest BCUT2D eigenvalue weighted by Crippen LogP contribution is 2.50. The highest BCUT2D eigenvalue weighted by atomic mass is 15.1. The van der Waals surface area contributed by atoms with Crippen LogP contribution in [-0.4, -0.2) is 0 Å². The van der Waals surface area contributed by atoms with E-state index >= 15 is 0 Å². The second kappa shape index (κ2) is 15.4. The Bertz CT molecular complexity index is 2500. The fourth-order valence-corrected chi connectivity index (χ4v) is 8.51. The van der Waals surface area contributed by atoms with Crippen LogP contribution in [0, 0.1) is 27.7 Å². The van der Waals surface area contributed by atoms with Crippen LogP contribution in [-0.2, 0) is 6.42 Å². The standard InChI is InChI=1S/C54H51N/c1-36-16-24-42(25-17-36)34-51(44-26-18-37(2)19-27-44)41(6)53-48-14-10-11-15-49(48)54(50-33-28-45(35-52(50)53)40(5)43-12-8-7-9-13-43)55(46-29-20-38(3)21-30-46)47-31-22-39(4)23-32-47/h7-33,35,40-41,51H,34H2,1-6H3. The van der Waals surface area contributed by atoms with E-state index in [2.05, 4.69) is 216 Å². The van der Waals surface area contributed by atoms with Gasteiger partial charge in [0.25, 0.3) is 0 Å². The smallest absolute Gasteiger partial charge is 0.0618 e. The zero-order valence-corrected chi connectivity index (χ0v) is 33.1. The Labute approximate surface area is 327 Å². The number of anilines is 3. The van der Waals surface area contributed by atoms with Gasteiger partial charge in [-0.1, -0.05) is 182 Å². The van der Waals surface area contributed by atoms with Crippen molar-refractivity contribution in [3.63, 3.8) is 0 Å². The molecule has 0 amide bonds. The second-order valence-corrected chi connectivity index (χ2v) is 15.7. The van der Waals surface area contributed by atoms with Crippen LogP contribution in [0.4, 0.5) is 17.1 Å². The third-order valence-electron chi connectivity index (χ3n) is 11.8. The summed E-state index contributed by atoms with van der Waals surface area (Å²) >= 11 is 0. The monoisotopic (exact) mass is 713 g/mol. The molecule has 8 aromatic carbocycles. The first-order valence-corrected chi connectivity index (χ1v) is 19.8. The van der Waals surface area contributed by atoms with Gasteiger partial charge in [0.05, 0.1) is 5.69 Å². The number of hydrogen-bond acceptors (Lipinski definition) is 1. The van der Waals surface area contributed by atoms with Gasteiger partial charge in [0, 0.05) is 28.1 Å². The number of rotatable bonds is 10. The fourth-order valence-electron chi connectivity index (χ4n) is 8.51. The Hall–Kier alpha value is -5.92. The van der Waals surface area contributed by atoms with Crippen LogP contribution in [0.15, 0.2) is 170 Å². The lowest BCUT2D eigenvalue weighted by Gasteiger charge is -2.33. The van der Waals surface area contributed by atoms with Crippen LogP contribution in [0.25, 0.3) is 21.5 Å². The van der Waals surface area contributed by atoms with Crippen molar-refractivity contribution in [1.82, 2.24) is 0 Å². The predicted molar refractivity (Wildman–Crippen MR) is 237 cm³/mol. The Kier molecular flexibility index (Phi) is 10.1. The van der Waals surface area contributed by atoms with Crippen LogP contribution in [0.1, 0.15) is 81.7 Å². The summed E-state index contributed by atoms with van der Waals surface area (Å²) < 4.78 is 0. The molecule has 0 saturated heterocycles. The maximum Gasteiger partial charge on any atom is 0.0618 e. The van der Waals surface area contributed by atoms with Crippen LogP contribution in [0.2, 0.25) is 0 Å². The molecule has 1 nitrogen and oxygen atoms in total. The van der Waals surface area contributed by atoms with Crippen molar-refractivity contribution in [2.45, 2.75) is 65.7 Å². The van der Waals surface area contributed by atoms with Crippen molar-refractivity contribution < 1.29 is 0 Å². The average Bonchev–Trinajstić information content (AvgIpc) is 3.22. The third kappa shape index (κ3) is 7.32. The van der Waals surface area contributed by atoms with E-state index in [1.165, 1.54) is 77.3 Å². The van der Waals surface area contributed by atoms with E-state index in [4.69, 9.17) is 0 Å². The van der Waals surface area contributed by atoms with Crippen molar-refractivity contribution in [2.24, 2.45) is 0 Å². The summed E-state index contributed by atoms with van der Waals surface area (Å²) in [6, 6.07) is 63.9. The average molecular weight is 714 g/mol. The van der Waals surface area contributed by atoms with E-state index < -0.39 is 0 Å². The van der Waals surface area contributed by atoms with Crippen LogP contribution in [0.5, 0.6) is 0 Å². The van der Waals surface area contributed by atoms with Crippen molar-refractivity contribution in [3.8, 4) is 0 Å². The maximum atomic E-state index is 2.52. The van der Waals surface area contributed by atoms with Crippen LogP contribution in [0.3, 0.4) is 0 Å². The Morgan fingerprint density at radius 1 is 0.418 bits per heavy atom. The zero-order chi connectivity index (χ0) is 38.1. The van der Waals surface area contributed by atoms with Crippen molar-refractivity contribution in [1.29, 1.82) is 0 Å². The molecule has 0 aliphatic carbocycles. The number of aryl methyl sites for hydroxylation is 4. The molecule has 55 heavy (non-hydrogen) atoms. The molecule has 0 aromatic heterocycles. The minimum Gasteiger partial charge on any atom is -0.309 e. The fraction of sp³-hybridized carbons (Fsp3) is 0.185. The molecule has 1 heteroatoms. The summed E-state index contributed by atoms with van der Waals surface area (Å²) in [5, 5.41) is 5.17. The van der Waals surface area contributed by atoms with Gasteiger partial charge < -0.3 is 4.90 Å². The van der Waals surface area contributed by atoms with Gasteiger partial charge in [-0.25, -0.2) is 0 Å². The minimum absolute atomic E-state index is 0.208. The lowest BCUT2D eigenvalue weighted by molar-refractivity contribution is 0.578. The second-order valence-electron chi connectivity index (χ2n) is 15.7. The molecule has 3 unspecified atom stereocenters. The summed E-state index contributed by atoms with van der Waals surface area (Å²) in [4.78, 5) is 2.49. The van der Waals surface area contributed by atoms with E-state index in [1.807, 2.05) is 0 Å². The summed E-state index contributed by atoms with van der Waals surface area (Å²) in [6.45, 7) is 13.5. The number of benzene rings is 8. The number of hydrogen-bond donors (Lipinski definition) is 0. The Balaban J connectivity index is 1.43. The molecule has 0 saturated carbocycles. The van der Waals surface area contributed by atoms with Crippen LogP contribution >= 0.6 is 0 Å². The highest BCUT2D eigenvalue weighted by molar-refractivity contribution is 6.16. The lowest BCUT2D eigenvalue weighted by atomic mass is 9.75. The quantitative estimate of drug-likeness (QED) is 0.128. The number of nitrogens with zero attached hydrogens (tertiary/aromatic N) is 1. The van der Waals surface area contributed by atoms with Gasteiger partial charge in [-0.3, -0.25) is 0 Å². The van der Waals surface area contributed by atoms with E-state index in [-0.39, 0.29) is 17.8 Å². The summed E-state index contributed by atoms with van der Waals surface area (Å²) in [6.07, 6.45) is 0.959.